The molecule has 1 aliphatic rings. The second-order valence-electron chi connectivity index (χ2n) is 7.10. The van der Waals surface area contributed by atoms with Crippen molar-refractivity contribution in [3.8, 4) is 5.75 Å². The highest BCUT2D eigenvalue weighted by Gasteiger charge is 2.42. The summed E-state index contributed by atoms with van der Waals surface area (Å²) in [6.07, 6.45) is 1.30. The predicted molar refractivity (Wildman–Crippen MR) is 113 cm³/mol. The Morgan fingerprint density at radius 3 is 2.82 bits per heavy atom. The van der Waals surface area contributed by atoms with E-state index in [0.29, 0.717) is 30.1 Å². The van der Waals surface area contributed by atoms with Gasteiger partial charge in [0.15, 0.2) is 0 Å². The first-order chi connectivity index (χ1) is 13.2. The van der Waals surface area contributed by atoms with Crippen LogP contribution in [-0.4, -0.2) is 38.8 Å². The number of amides is 1. The smallest absolute Gasteiger partial charge is 0.252 e. The maximum absolute atomic E-state index is 12.9. The number of piperidine rings is 1. The number of nitrogens with one attached hydrogen (secondary N) is 1. The maximum atomic E-state index is 12.9. The van der Waals surface area contributed by atoms with E-state index in [-0.39, 0.29) is 12.5 Å². The molecule has 0 radical (unpaired) electrons. The Morgan fingerprint density at radius 2 is 2.14 bits per heavy atom. The van der Waals surface area contributed by atoms with Crippen molar-refractivity contribution in [1.29, 1.82) is 0 Å². The first kappa shape index (κ1) is 21.3. The highest BCUT2D eigenvalue weighted by atomic mass is 79.9. The van der Waals surface area contributed by atoms with E-state index >= 15 is 0 Å². The first-order valence-corrected chi connectivity index (χ1v) is 12.0. The van der Waals surface area contributed by atoms with E-state index in [0.717, 1.165) is 15.1 Å². The summed E-state index contributed by atoms with van der Waals surface area (Å²) in [4.78, 5) is 12.9. The number of hydrogen-bond acceptors (Lipinski definition) is 5. The number of thiophene rings is 1. The molecule has 1 N–H and O–H groups in total. The zero-order valence-corrected chi connectivity index (χ0v) is 19.0. The van der Waals surface area contributed by atoms with Gasteiger partial charge in [0.1, 0.15) is 9.96 Å². The lowest BCUT2D eigenvalue weighted by Crippen LogP contribution is -2.51. The average molecular weight is 487 g/mol. The number of nitrogens with zero attached hydrogens (tertiary/aromatic N) is 1. The number of halogens is 1. The number of carbonyl (C=O) groups is 1. The summed E-state index contributed by atoms with van der Waals surface area (Å²) in [5.74, 6) is 0.595. The van der Waals surface area contributed by atoms with Gasteiger partial charge in [-0.1, -0.05) is 12.1 Å². The second kappa shape index (κ2) is 8.52. The van der Waals surface area contributed by atoms with Gasteiger partial charge in [-0.3, -0.25) is 4.79 Å². The lowest BCUT2D eigenvalue weighted by Gasteiger charge is -2.38. The monoisotopic (exact) mass is 486 g/mol. The molecule has 9 heteroatoms. The Bertz CT molecular complexity index is 960. The van der Waals surface area contributed by atoms with Crippen molar-refractivity contribution in [3.05, 3.63) is 45.7 Å². The van der Waals surface area contributed by atoms with Crippen LogP contribution in [0.25, 0.3) is 0 Å². The van der Waals surface area contributed by atoms with Gasteiger partial charge < -0.3 is 10.1 Å². The van der Waals surface area contributed by atoms with E-state index in [9.17, 15) is 13.2 Å². The third-order valence-corrected chi connectivity index (χ3v) is 8.88. The van der Waals surface area contributed by atoms with Crippen LogP contribution >= 0.6 is 27.3 Å². The fraction of sp³-hybridized carbons (Fsp3) is 0.421. The molecule has 0 unspecified atom stereocenters. The SMILES string of the molecule is COc1cccc(CNC(=O)[C@]2(C)CCCN(S(=O)(=O)c3ccc(Br)s3)C2)c1. The highest BCUT2D eigenvalue weighted by Crippen LogP contribution is 2.35. The summed E-state index contributed by atoms with van der Waals surface area (Å²) < 4.78 is 33.6. The molecule has 152 valence electrons. The summed E-state index contributed by atoms with van der Waals surface area (Å²) in [5.41, 5.74) is 0.165. The Labute approximate surface area is 178 Å². The quantitative estimate of drug-likeness (QED) is 0.676. The van der Waals surface area contributed by atoms with Gasteiger partial charge in [0.05, 0.1) is 16.3 Å². The third-order valence-electron chi connectivity index (χ3n) is 4.94. The van der Waals surface area contributed by atoms with Crippen LogP contribution in [0.3, 0.4) is 0 Å². The molecule has 1 aliphatic heterocycles. The number of hydrogen-bond donors (Lipinski definition) is 1. The molecule has 0 saturated carbocycles. The molecule has 0 spiro atoms. The van der Waals surface area contributed by atoms with Gasteiger partial charge in [-0.2, -0.15) is 4.31 Å². The minimum Gasteiger partial charge on any atom is -0.497 e. The van der Waals surface area contributed by atoms with Gasteiger partial charge in [0.2, 0.25) is 5.91 Å². The van der Waals surface area contributed by atoms with E-state index in [1.165, 1.54) is 15.6 Å². The van der Waals surface area contributed by atoms with Crippen LogP contribution in [0.2, 0.25) is 0 Å². The van der Waals surface area contributed by atoms with Gasteiger partial charge in [-0.05, 0) is 65.5 Å². The Kier molecular flexibility index (Phi) is 6.48. The molecule has 2 aromatic rings. The number of benzene rings is 1. The van der Waals surface area contributed by atoms with Gasteiger partial charge in [0, 0.05) is 19.6 Å². The second-order valence-corrected chi connectivity index (χ2v) is 11.7. The number of methoxy groups -OCH3 is 1. The Hall–Kier alpha value is -1.42. The zero-order chi connectivity index (χ0) is 20.4. The van der Waals surface area contributed by atoms with Crippen LogP contribution in [-0.2, 0) is 21.4 Å². The van der Waals surface area contributed by atoms with Crippen molar-refractivity contribution >= 4 is 43.2 Å². The van der Waals surface area contributed by atoms with Crippen molar-refractivity contribution in [2.45, 2.75) is 30.5 Å². The standard InChI is InChI=1S/C19H23BrN2O4S2/c1-19(18(23)21-12-14-5-3-6-15(11-14)26-2)9-4-10-22(13-19)28(24,25)17-8-7-16(20)27-17/h3,5-8,11H,4,9-10,12-13H2,1-2H3,(H,21,23)/t19-/m1/s1. The third kappa shape index (κ3) is 4.59. The molecule has 1 atom stereocenters. The average Bonchev–Trinajstić information content (AvgIpc) is 3.13. The van der Waals surface area contributed by atoms with Gasteiger partial charge in [-0.25, -0.2) is 8.42 Å². The molecule has 6 nitrogen and oxygen atoms in total. The summed E-state index contributed by atoms with van der Waals surface area (Å²) in [7, 11) is -2.00. The van der Waals surface area contributed by atoms with Gasteiger partial charge in [0.25, 0.3) is 10.0 Å². The molecular weight excluding hydrogens is 464 g/mol. The molecule has 1 aromatic heterocycles. The Morgan fingerprint density at radius 1 is 1.36 bits per heavy atom. The molecule has 0 aliphatic carbocycles. The summed E-state index contributed by atoms with van der Waals surface area (Å²) in [6.45, 7) is 2.81. The number of sulfonamides is 1. The molecular formula is C19H23BrN2O4S2. The van der Waals surface area contributed by atoms with Crippen LogP contribution in [0.15, 0.2) is 44.4 Å². The normalized spacial score (nSPS) is 20.7. The number of rotatable bonds is 6. The van der Waals surface area contributed by atoms with Gasteiger partial charge in [-0.15, -0.1) is 11.3 Å². The molecule has 1 saturated heterocycles. The van der Waals surface area contributed by atoms with Crippen molar-refractivity contribution in [3.63, 3.8) is 0 Å². The van der Waals surface area contributed by atoms with Crippen molar-refractivity contribution in [2.24, 2.45) is 5.41 Å². The molecule has 28 heavy (non-hydrogen) atoms. The highest BCUT2D eigenvalue weighted by molar-refractivity contribution is 9.11. The van der Waals surface area contributed by atoms with E-state index < -0.39 is 15.4 Å². The first-order valence-electron chi connectivity index (χ1n) is 8.91. The fourth-order valence-corrected chi connectivity index (χ4v) is 7.09. The van der Waals surface area contributed by atoms with Crippen LogP contribution < -0.4 is 10.1 Å². The van der Waals surface area contributed by atoms with E-state index in [4.69, 9.17) is 4.74 Å². The molecule has 0 bridgehead atoms. The largest absolute Gasteiger partial charge is 0.497 e. The maximum Gasteiger partial charge on any atom is 0.252 e. The molecule has 2 heterocycles. The van der Waals surface area contributed by atoms with Crippen LogP contribution in [0.1, 0.15) is 25.3 Å². The topological polar surface area (TPSA) is 75.7 Å². The Balaban J connectivity index is 1.69. The van der Waals surface area contributed by atoms with Crippen LogP contribution in [0, 0.1) is 5.41 Å². The van der Waals surface area contributed by atoms with E-state index in [1.54, 1.807) is 19.2 Å². The predicted octanol–water partition coefficient (Wildman–Crippen LogP) is 3.63. The molecule has 1 aromatic carbocycles. The van der Waals surface area contributed by atoms with E-state index in [1.807, 2.05) is 31.2 Å². The molecule has 3 rings (SSSR count). The number of ether oxygens (including phenoxy) is 1. The van der Waals surface area contributed by atoms with Crippen LogP contribution in [0.5, 0.6) is 5.75 Å². The summed E-state index contributed by atoms with van der Waals surface area (Å²) >= 11 is 4.49. The molecule has 1 amide bonds. The lowest BCUT2D eigenvalue weighted by molar-refractivity contribution is -0.132. The minimum absolute atomic E-state index is 0.136. The zero-order valence-electron chi connectivity index (χ0n) is 15.8. The van der Waals surface area contributed by atoms with Crippen molar-refractivity contribution in [2.75, 3.05) is 20.2 Å². The minimum atomic E-state index is -3.60. The van der Waals surface area contributed by atoms with E-state index in [2.05, 4.69) is 21.2 Å². The fourth-order valence-electron chi connectivity index (χ4n) is 3.33. The van der Waals surface area contributed by atoms with Crippen molar-refractivity contribution in [1.82, 2.24) is 9.62 Å². The summed E-state index contributed by atoms with van der Waals surface area (Å²) in [6, 6.07) is 10.8. The van der Waals surface area contributed by atoms with Gasteiger partial charge >= 0.3 is 0 Å². The number of carbonyl (C=O) groups excluding carboxylic acids is 1. The summed E-state index contributed by atoms with van der Waals surface area (Å²) in [5, 5.41) is 2.96. The van der Waals surface area contributed by atoms with Crippen molar-refractivity contribution < 1.29 is 17.9 Å². The molecule has 1 fully saturated rings. The lowest BCUT2D eigenvalue weighted by atomic mass is 9.82. The van der Waals surface area contributed by atoms with Crippen LogP contribution in [0.4, 0.5) is 0 Å².